The summed E-state index contributed by atoms with van der Waals surface area (Å²) in [7, 11) is 0. The predicted octanol–water partition coefficient (Wildman–Crippen LogP) is 3.91. The van der Waals surface area contributed by atoms with Crippen molar-refractivity contribution in [3.05, 3.63) is 75.2 Å². The first kappa shape index (κ1) is 37.8. The van der Waals surface area contributed by atoms with Gasteiger partial charge in [0.2, 0.25) is 17.5 Å². The highest BCUT2D eigenvalue weighted by Gasteiger charge is 2.27. The number of nitrogens with one attached hydrogen (secondary N) is 4. The second-order valence-corrected chi connectivity index (χ2v) is 11.7. The molecule has 0 spiro atoms. The zero-order chi connectivity index (χ0) is 35.1. The molecule has 2 atom stereocenters. The predicted molar refractivity (Wildman–Crippen MR) is 170 cm³/mol. The Morgan fingerprint density at radius 1 is 1.02 bits per heavy atom. The second kappa shape index (κ2) is 17.9. The maximum Gasteiger partial charge on any atom is 0.513 e. The molecule has 2 rings (SSSR count). The number of allylic oxidation sites excluding steroid dienone is 5. The fraction of sp³-hybridized carbons (Fsp3) is 0.452. The molecular formula is C31H42N6O10. The Morgan fingerprint density at radius 3 is 2.26 bits per heavy atom. The monoisotopic (exact) mass is 658 g/mol. The Kier molecular flexibility index (Phi) is 14.4. The van der Waals surface area contributed by atoms with E-state index >= 15 is 0 Å². The van der Waals surface area contributed by atoms with Crippen LogP contribution in [0, 0.1) is 10.1 Å². The van der Waals surface area contributed by atoms with E-state index in [-0.39, 0.29) is 43.9 Å². The Hall–Kier alpha value is -5.41. The Morgan fingerprint density at radius 2 is 1.70 bits per heavy atom. The van der Waals surface area contributed by atoms with Crippen molar-refractivity contribution < 1.29 is 43.1 Å². The minimum atomic E-state index is -1.13. The van der Waals surface area contributed by atoms with Crippen LogP contribution >= 0.6 is 0 Å². The van der Waals surface area contributed by atoms with Gasteiger partial charge >= 0.3 is 18.3 Å². The maximum absolute atomic E-state index is 13.3. The van der Waals surface area contributed by atoms with E-state index in [1.807, 2.05) is 0 Å². The number of primary amides is 1. The molecule has 6 N–H and O–H groups in total. The molecule has 1 unspecified atom stereocenters. The van der Waals surface area contributed by atoms with Gasteiger partial charge in [-0.15, -0.1) is 0 Å². The summed E-state index contributed by atoms with van der Waals surface area (Å²) in [4.78, 5) is 72.3. The Labute approximate surface area is 272 Å². The van der Waals surface area contributed by atoms with Crippen molar-refractivity contribution in [2.75, 3.05) is 11.9 Å². The van der Waals surface area contributed by atoms with Crippen molar-refractivity contribution in [2.45, 2.75) is 84.6 Å². The normalized spacial score (nSPS) is 13.7. The summed E-state index contributed by atoms with van der Waals surface area (Å²) < 4.78 is 15.5. The first-order valence-electron chi connectivity index (χ1n) is 14.8. The number of carbonyl (C=O) groups excluding carboxylic acids is 5. The number of hydrogen-bond donors (Lipinski definition) is 5. The highest BCUT2D eigenvalue weighted by molar-refractivity contribution is 5.98. The number of benzene rings is 1. The smallest absolute Gasteiger partial charge is 0.444 e. The topological polar surface area (TPSA) is 230 Å². The number of alkyl carbamates (subject to hydrolysis) is 1. The molecule has 16 heteroatoms. The summed E-state index contributed by atoms with van der Waals surface area (Å²) in [6.45, 7) is 8.56. The van der Waals surface area contributed by atoms with Gasteiger partial charge < -0.3 is 41.2 Å². The van der Waals surface area contributed by atoms with Crippen LogP contribution in [0.3, 0.4) is 0 Å². The third kappa shape index (κ3) is 14.9. The van der Waals surface area contributed by atoms with E-state index in [4.69, 9.17) is 19.9 Å². The zero-order valence-corrected chi connectivity index (χ0v) is 27.0. The van der Waals surface area contributed by atoms with Crippen molar-refractivity contribution in [1.82, 2.24) is 16.0 Å². The number of nitrogens with two attached hydrogens (primary N) is 1. The van der Waals surface area contributed by atoms with Gasteiger partial charge in [0.25, 0.3) is 0 Å². The average Bonchev–Trinajstić information content (AvgIpc) is 2.96. The van der Waals surface area contributed by atoms with Crippen LogP contribution in [0.25, 0.3) is 0 Å². The highest BCUT2D eigenvalue weighted by atomic mass is 16.7. The number of nitro groups is 1. The molecule has 1 aliphatic carbocycles. The van der Waals surface area contributed by atoms with Crippen LogP contribution in [-0.4, -0.2) is 59.2 Å². The summed E-state index contributed by atoms with van der Waals surface area (Å²) in [5.74, 6) is -0.968. The van der Waals surface area contributed by atoms with Crippen LogP contribution in [0.5, 0.6) is 0 Å². The van der Waals surface area contributed by atoms with Gasteiger partial charge in [-0.05, 0) is 71.2 Å². The zero-order valence-electron chi connectivity index (χ0n) is 27.0. The molecule has 0 aliphatic heterocycles. The largest absolute Gasteiger partial charge is 0.513 e. The maximum atomic E-state index is 13.3. The molecular weight excluding hydrogens is 616 g/mol. The van der Waals surface area contributed by atoms with Crippen molar-refractivity contribution in [3.63, 3.8) is 0 Å². The standard InChI is InChI=1S/C31H42N6O10/c1-19(2)17-25(36-29(41)47-31(3,4)5)27(39)35-24(7-6-16-33-28(32)40)26(38)34-21-10-8-20(9-11-21)18-45-30(42)46-23-14-12-22(13-15-23)37(43)44/h8-12,14,17,24-25H,6-7,13,15-16,18H2,1-5H3,(H,34,38)(H,35,39)(H,36,41)(H3,32,33,40)/t24-,25?/m0/s1. The van der Waals surface area contributed by atoms with E-state index in [0.29, 0.717) is 17.7 Å². The lowest BCUT2D eigenvalue weighted by Gasteiger charge is -2.24. The Bertz CT molecular complexity index is 1410. The van der Waals surface area contributed by atoms with Crippen LogP contribution in [0.1, 0.15) is 65.9 Å². The highest BCUT2D eigenvalue weighted by Crippen LogP contribution is 2.20. The minimum absolute atomic E-state index is 0.0230. The van der Waals surface area contributed by atoms with Gasteiger partial charge in [-0.1, -0.05) is 23.8 Å². The van der Waals surface area contributed by atoms with Crippen LogP contribution in [0.4, 0.5) is 20.1 Å². The molecule has 0 bridgehead atoms. The third-order valence-electron chi connectivity index (χ3n) is 6.17. The van der Waals surface area contributed by atoms with Crippen LogP contribution in [0.2, 0.25) is 0 Å². The molecule has 1 aliphatic rings. The fourth-order valence-electron chi connectivity index (χ4n) is 4.04. The van der Waals surface area contributed by atoms with E-state index in [9.17, 15) is 34.1 Å². The summed E-state index contributed by atoms with van der Waals surface area (Å²) in [6.07, 6.45) is 3.11. The van der Waals surface area contributed by atoms with Gasteiger partial charge in [0.05, 0.1) is 4.92 Å². The molecule has 0 radical (unpaired) electrons. The lowest BCUT2D eigenvalue weighted by Crippen LogP contribution is -2.52. The van der Waals surface area contributed by atoms with Crippen LogP contribution < -0.4 is 27.0 Å². The van der Waals surface area contributed by atoms with Crippen LogP contribution in [0.15, 0.2) is 59.5 Å². The fourth-order valence-corrected chi connectivity index (χ4v) is 4.04. The van der Waals surface area contributed by atoms with Crippen molar-refractivity contribution in [2.24, 2.45) is 5.73 Å². The van der Waals surface area contributed by atoms with Crippen molar-refractivity contribution >= 4 is 35.8 Å². The molecule has 256 valence electrons. The number of anilines is 1. The first-order valence-corrected chi connectivity index (χ1v) is 14.8. The van der Waals surface area contributed by atoms with Crippen molar-refractivity contribution in [1.29, 1.82) is 0 Å². The average molecular weight is 659 g/mol. The van der Waals surface area contributed by atoms with Crippen LogP contribution in [-0.2, 0) is 30.4 Å². The number of amides is 5. The molecule has 0 saturated heterocycles. The van der Waals surface area contributed by atoms with E-state index in [2.05, 4.69) is 21.3 Å². The van der Waals surface area contributed by atoms with E-state index < -0.39 is 52.7 Å². The van der Waals surface area contributed by atoms with Gasteiger partial charge in [0.1, 0.15) is 30.1 Å². The lowest BCUT2D eigenvalue weighted by molar-refractivity contribution is -0.428. The summed E-state index contributed by atoms with van der Waals surface area (Å²) in [5.41, 5.74) is 6.03. The van der Waals surface area contributed by atoms with Gasteiger partial charge in [0, 0.05) is 31.1 Å². The summed E-state index contributed by atoms with van der Waals surface area (Å²) in [6, 6.07) is 3.42. The first-order chi connectivity index (χ1) is 22.0. The van der Waals surface area contributed by atoms with E-state index in [1.54, 1.807) is 58.9 Å². The van der Waals surface area contributed by atoms with Gasteiger partial charge in [0.15, 0.2) is 0 Å². The molecule has 5 amide bonds. The number of ether oxygens (including phenoxy) is 3. The minimum Gasteiger partial charge on any atom is -0.444 e. The molecule has 1 aromatic rings. The van der Waals surface area contributed by atoms with Gasteiger partial charge in [-0.2, -0.15) is 0 Å². The van der Waals surface area contributed by atoms with E-state index in [0.717, 1.165) is 5.57 Å². The third-order valence-corrected chi connectivity index (χ3v) is 6.17. The van der Waals surface area contributed by atoms with Gasteiger partial charge in [-0.3, -0.25) is 19.7 Å². The summed E-state index contributed by atoms with van der Waals surface area (Å²) >= 11 is 0. The molecule has 0 fully saturated rings. The van der Waals surface area contributed by atoms with Gasteiger partial charge in [-0.25, -0.2) is 14.4 Å². The lowest BCUT2D eigenvalue weighted by atomic mass is 10.1. The van der Waals surface area contributed by atoms with E-state index in [1.165, 1.54) is 18.2 Å². The quantitative estimate of drug-likeness (QED) is 0.0636. The summed E-state index contributed by atoms with van der Waals surface area (Å²) in [5, 5.41) is 21.1. The molecule has 0 saturated carbocycles. The number of hydrogen-bond acceptors (Lipinski definition) is 10. The molecule has 16 nitrogen and oxygen atoms in total. The molecule has 1 aromatic carbocycles. The molecule has 0 heterocycles. The number of urea groups is 1. The van der Waals surface area contributed by atoms with Crippen molar-refractivity contribution in [3.8, 4) is 0 Å². The SMILES string of the molecule is CC(C)=CC(NC(=O)OC(C)(C)C)C(=O)N[C@@H](CCCNC(N)=O)C(=O)Nc1ccc(COC(=O)OC2=CC=C([N+](=O)[O-])CC2)cc1. The number of nitrogens with zero attached hydrogens (tertiary/aromatic N) is 1. The number of rotatable bonds is 14. The number of carbonyl (C=O) groups is 5. The molecule has 47 heavy (non-hydrogen) atoms. The Balaban J connectivity index is 2.04. The second-order valence-electron chi connectivity index (χ2n) is 11.7. The molecule has 0 aromatic heterocycles.